The predicted octanol–water partition coefficient (Wildman–Crippen LogP) is 1.59. The lowest BCUT2D eigenvalue weighted by Gasteiger charge is -2.13. The maximum Gasteiger partial charge on any atom is 0.279 e. The van der Waals surface area contributed by atoms with Crippen LogP contribution in [0.2, 0.25) is 0 Å². The third kappa shape index (κ3) is 3.67. The smallest absolute Gasteiger partial charge is 0.279 e. The molecular weight excluding hydrogens is 334 g/mol. The molecule has 0 saturated carbocycles. The van der Waals surface area contributed by atoms with E-state index < -0.39 is 24.0 Å². The summed E-state index contributed by atoms with van der Waals surface area (Å²) in [4.78, 5) is 27.5. The summed E-state index contributed by atoms with van der Waals surface area (Å²) in [5.74, 6) is -1.47. The van der Waals surface area contributed by atoms with E-state index in [1.807, 2.05) is 0 Å². The van der Waals surface area contributed by atoms with Gasteiger partial charge in [-0.2, -0.15) is 15.4 Å². The number of halogens is 2. The Hall–Kier alpha value is -3.17. The number of aromatic nitrogens is 3. The van der Waals surface area contributed by atoms with E-state index in [4.69, 9.17) is 5.73 Å². The maximum atomic E-state index is 12.7. The standard InChI is InChI=1S/C15H16F2N6O2/c1-6-4-8-12(22-23-21-8)10(14(18)24)11(6)20-15(25)7(2)5-9(19-3)13(16)17/h4-5,13H,1-3H3,(H2,18,24)(H,20,25)(H,21,22,23)/b7-5+,19-9?. The minimum absolute atomic E-state index is 0.00373. The van der Waals surface area contributed by atoms with Gasteiger partial charge in [-0.05, 0) is 31.6 Å². The SMILES string of the molecule is CN=C(/C=C(\C)C(=O)Nc1c(C)cc2n[nH]nc2c1C(N)=O)C(F)F. The van der Waals surface area contributed by atoms with Gasteiger partial charge in [0.1, 0.15) is 16.7 Å². The minimum atomic E-state index is -2.80. The number of hydrogen-bond donors (Lipinski definition) is 3. The van der Waals surface area contributed by atoms with Crippen molar-refractivity contribution in [1.29, 1.82) is 0 Å². The molecule has 8 nitrogen and oxygen atoms in total. The molecule has 132 valence electrons. The topological polar surface area (TPSA) is 126 Å². The Morgan fingerprint density at radius 1 is 1.40 bits per heavy atom. The number of allylic oxidation sites excluding steroid dienone is 1. The Bertz CT molecular complexity index is 901. The van der Waals surface area contributed by atoms with Gasteiger partial charge in [0.15, 0.2) is 0 Å². The van der Waals surface area contributed by atoms with E-state index in [9.17, 15) is 18.4 Å². The number of anilines is 1. The van der Waals surface area contributed by atoms with E-state index in [1.165, 1.54) is 14.0 Å². The highest BCUT2D eigenvalue weighted by Gasteiger charge is 2.21. The number of nitrogens with one attached hydrogen (secondary N) is 2. The Kier molecular flexibility index (Phi) is 5.20. The summed E-state index contributed by atoms with van der Waals surface area (Å²) >= 11 is 0. The molecule has 0 bridgehead atoms. The lowest BCUT2D eigenvalue weighted by molar-refractivity contribution is -0.112. The molecule has 2 rings (SSSR count). The van der Waals surface area contributed by atoms with Crippen molar-refractivity contribution in [3.8, 4) is 0 Å². The second-order valence-corrected chi connectivity index (χ2v) is 5.23. The number of H-pyrrole nitrogens is 1. The zero-order chi connectivity index (χ0) is 18.7. The van der Waals surface area contributed by atoms with Crippen LogP contribution in [0.3, 0.4) is 0 Å². The first-order valence-electron chi connectivity index (χ1n) is 7.14. The van der Waals surface area contributed by atoms with E-state index in [-0.39, 0.29) is 22.3 Å². The number of primary amides is 1. The van der Waals surface area contributed by atoms with E-state index in [2.05, 4.69) is 25.7 Å². The van der Waals surface area contributed by atoms with Crippen molar-refractivity contribution < 1.29 is 18.4 Å². The number of nitrogens with two attached hydrogens (primary N) is 1. The fraction of sp³-hybridized carbons (Fsp3) is 0.267. The third-order valence-electron chi connectivity index (χ3n) is 3.50. The molecule has 0 spiro atoms. The van der Waals surface area contributed by atoms with Crippen LogP contribution < -0.4 is 11.1 Å². The summed E-state index contributed by atoms with van der Waals surface area (Å²) in [7, 11) is 1.21. The molecule has 0 radical (unpaired) electrons. The van der Waals surface area contributed by atoms with Gasteiger partial charge >= 0.3 is 0 Å². The number of hydrogen-bond acceptors (Lipinski definition) is 5. The Morgan fingerprint density at radius 2 is 2.08 bits per heavy atom. The van der Waals surface area contributed by atoms with Crippen molar-refractivity contribution in [2.45, 2.75) is 20.3 Å². The number of carbonyl (C=O) groups is 2. The molecule has 2 amide bonds. The summed E-state index contributed by atoms with van der Waals surface area (Å²) in [5.41, 5.74) is 6.15. The van der Waals surface area contributed by atoms with Crippen molar-refractivity contribution >= 4 is 34.2 Å². The summed E-state index contributed by atoms with van der Waals surface area (Å²) in [6.45, 7) is 3.00. The molecule has 0 aliphatic heterocycles. The molecule has 25 heavy (non-hydrogen) atoms. The second kappa shape index (κ2) is 7.16. The van der Waals surface area contributed by atoms with Gasteiger partial charge in [-0.15, -0.1) is 0 Å². The molecule has 0 aliphatic rings. The van der Waals surface area contributed by atoms with Crippen LogP contribution in [0.4, 0.5) is 14.5 Å². The number of aryl methyl sites for hydroxylation is 1. The zero-order valence-corrected chi connectivity index (χ0v) is 13.7. The van der Waals surface area contributed by atoms with Crippen LogP contribution in [0, 0.1) is 6.92 Å². The van der Waals surface area contributed by atoms with Crippen molar-refractivity contribution in [3.05, 3.63) is 28.8 Å². The van der Waals surface area contributed by atoms with Crippen molar-refractivity contribution in [2.24, 2.45) is 10.7 Å². The quantitative estimate of drug-likeness (QED) is 0.559. The van der Waals surface area contributed by atoms with Crippen LogP contribution in [-0.2, 0) is 4.79 Å². The van der Waals surface area contributed by atoms with Gasteiger partial charge in [0.2, 0.25) is 0 Å². The number of rotatable bonds is 5. The molecule has 0 atom stereocenters. The fourth-order valence-electron chi connectivity index (χ4n) is 2.24. The molecule has 0 saturated heterocycles. The molecule has 2 aromatic rings. The van der Waals surface area contributed by atoms with Gasteiger partial charge in [0.05, 0.1) is 11.3 Å². The summed E-state index contributed by atoms with van der Waals surface area (Å²) in [6, 6.07) is 1.61. The highest BCUT2D eigenvalue weighted by molar-refractivity contribution is 6.15. The Labute approximate surface area is 141 Å². The van der Waals surface area contributed by atoms with Crippen molar-refractivity contribution in [3.63, 3.8) is 0 Å². The number of carbonyl (C=O) groups excluding carboxylic acids is 2. The highest BCUT2D eigenvalue weighted by atomic mass is 19.3. The normalized spacial score (nSPS) is 12.7. The number of aromatic amines is 1. The van der Waals surface area contributed by atoms with Gasteiger partial charge < -0.3 is 11.1 Å². The van der Waals surface area contributed by atoms with Crippen LogP contribution in [0.5, 0.6) is 0 Å². The third-order valence-corrected chi connectivity index (χ3v) is 3.50. The van der Waals surface area contributed by atoms with Gasteiger partial charge in [-0.1, -0.05) is 0 Å². The molecular formula is C15H16F2N6O2. The maximum absolute atomic E-state index is 12.7. The molecule has 1 aromatic heterocycles. The lowest BCUT2D eigenvalue weighted by Crippen LogP contribution is -2.21. The van der Waals surface area contributed by atoms with E-state index in [1.54, 1.807) is 13.0 Å². The Balaban J connectivity index is 2.45. The first-order valence-corrected chi connectivity index (χ1v) is 7.14. The number of aliphatic imine (C=N–C) groups is 1. The van der Waals surface area contributed by atoms with Gasteiger partial charge in [0, 0.05) is 12.6 Å². The summed E-state index contributed by atoms with van der Waals surface area (Å²) in [5, 5.41) is 12.6. The molecule has 1 aromatic carbocycles. The number of amides is 2. The molecule has 0 aliphatic carbocycles. The van der Waals surface area contributed by atoms with Crippen molar-refractivity contribution in [1.82, 2.24) is 15.4 Å². The summed E-state index contributed by atoms with van der Waals surface area (Å²) < 4.78 is 25.5. The van der Waals surface area contributed by atoms with Gasteiger partial charge in [-0.3, -0.25) is 14.6 Å². The average molecular weight is 350 g/mol. The zero-order valence-electron chi connectivity index (χ0n) is 13.7. The monoisotopic (exact) mass is 350 g/mol. The van der Waals surface area contributed by atoms with Crippen LogP contribution in [0.15, 0.2) is 22.7 Å². The summed E-state index contributed by atoms with van der Waals surface area (Å²) in [6.07, 6.45) is -1.82. The number of fused-ring (bicyclic) bond motifs is 1. The largest absolute Gasteiger partial charge is 0.365 e. The number of nitrogens with zero attached hydrogens (tertiary/aromatic N) is 3. The number of benzene rings is 1. The predicted molar refractivity (Wildman–Crippen MR) is 88.9 cm³/mol. The second-order valence-electron chi connectivity index (χ2n) is 5.23. The molecule has 10 heteroatoms. The van der Waals surface area contributed by atoms with Crippen LogP contribution in [-0.4, -0.2) is 46.4 Å². The number of alkyl halides is 2. The fourth-order valence-corrected chi connectivity index (χ4v) is 2.24. The van der Waals surface area contributed by atoms with Gasteiger partial charge in [0.25, 0.3) is 18.2 Å². The van der Waals surface area contributed by atoms with E-state index in [0.717, 1.165) is 6.08 Å². The van der Waals surface area contributed by atoms with Crippen LogP contribution in [0.1, 0.15) is 22.8 Å². The van der Waals surface area contributed by atoms with Crippen LogP contribution >= 0.6 is 0 Å². The molecule has 0 fully saturated rings. The van der Waals surface area contributed by atoms with Gasteiger partial charge in [-0.25, -0.2) is 8.78 Å². The molecule has 0 unspecified atom stereocenters. The van der Waals surface area contributed by atoms with E-state index in [0.29, 0.717) is 11.1 Å². The van der Waals surface area contributed by atoms with E-state index >= 15 is 0 Å². The minimum Gasteiger partial charge on any atom is -0.365 e. The lowest BCUT2D eigenvalue weighted by atomic mass is 10.0. The average Bonchev–Trinajstić information content (AvgIpc) is 2.99. The molecule has 4 N–H and O–H groups in total. The first kappa shape index (κ1) is 18.2. The van der Waals surface area contributed by atoms with Crippen LogP contribution in [0.25, 0.3) is 11.0 Å². The Morgan fingerprint density at radius 3 is 2.64 bits per heavy atom. The first-order chi connectivity index (χ1) is 11.8. The highest BCUT2D eigenvalue weighted by Crippen LogP contribution is 2.27. The van der Waals surface area contributed by atoms with Crippen molar-refractivity contribution in [2.75, 3.05) is 12.4 Å². The molecule has 1 heterocycles.